The number of rotatable bonds is 4. The fraction of sp³-hybridized carbons (Fsp3) is 1.00. The van der Waals surface area contributed by atoms with Crippen molar-refractivity contribution in [2.45, 2.75) is 10.1 Å². The molecular weight excluding hydrogens is 281 g/mol. The molecule has 2 atom stereocenters. The monoisotopic (exact) mass is 288 g/mol. The van der Waals surface area contributed by atoms with Crippen molar-refractivity contribution < 1.29 is 18.7 Å². The van der Waals surface area contributed by atoms with Crippen LogP contribution in [0.3, 0.4) is 0 Å². The summed E-state index contributed by atoms with van der Waals surface area (Å²) in [7, 11) is 2.43. The third-order valence-electron chi connectivity index (χ3n) is 0.941. The number of hydrogen-bond acceptors (Lipinski definition) is 4. The maximum atomic E-state index is 9.21. The van der Waals surface area contributed by atoms with Crippen molar-refractivity contribution >= 4 is 53.3 Å². The summed E-state index contributed by atoms with van der Waals surface area (Å²) in [5, 5.41) is 0. The average molecular weight is 290 g/mol. The highest BCUT2D eigenvalue weighted by atomic mass is 35.6. The number of hydrogen-bond donors (Lipinski definition) is 1. The smallest absolute Gasteiger partial charge is 0.326 e. The zero-order chi connectivity index (χ0) is 10.7. The Hall–Kier alpha value is 1.36. The third-order valence-corrected chi connectivity index (χ3v) is 3.10. The van der Waals surface area contributed by atoms with Crippen LogP contribution in [-0.4, -0.2) is 29.2 Å². The molecular formula is C4H8Cl3O4PS. The van der Waals surface area contributed by atoms with Crippen LogP contribution < -0.4 is 0 Å². The van der Waals surface area contributed by atoms with Gasteiger partial charge >= 0.3 is 6.72 Å². The molecule has 0 heterocycles. The Bertz CT molecular complexity index is 208. The largest absolute Gasteiger partial charge is 0.352 e. The topological polar surface area (TPSA) is 47.9 Å². The van der Waals surface area contributed by atoms with Gasteiger partial charge in [0, 0.05) is 14.2 Å². The van der Waals surface area contributed by atoms with Gasteiger partial charge in [0.1, 0.15) is 0 Å². The molecule has 0 aliphatic rings. The van der Waals surface area contributed by atoms with E-state index in [9.17, 15) is 4.89 Å². The molecule has 0 aliphatic carbocycles. The number of alkyl halides is 3. The minimum absolute atomic E-state index is 1.19. The van der Waals surface area contributed by atoms with Gasteiger partial charge in [-0.1, -0.05) is 34.8 Å². The van der Waals surface area contributed by atoms with Crippen molar-refractivity contribution in [3.63, 3.8) is 0 Å². The molecule has 9 heteroatoms. The highest BCUT2D eigenvalue weighted by Crippen LogP contribution is 2.48. The summed E-state index contributed by atoms with van der Waals surface area (Å²) in [6.45, 7) is -3.39. The van der Waals surface area contributed by atoms with Crippen molar-refractivity contribution in [1.82, 2.24) is 0 Å². The molecule has 0 bridgehead atoms. The predicted molar refractivity (Wildman–Crippen MR) is 55.7 cm³/mol. The highest BCUT2D eigenvalue weighted by molar-refractivity contribution is 8.07. The maximum absolute atomic E-state index is 9.21. The third kappa shape index (κ3) is 5.72. The van der Waals surface area contributed by atoms with Gasteiger partial charge in [-0.05, 0) is 11.8 Å². The Labute approximate surface area is 96.3 Å². The second-order valence-corrected chi connectivity index (χ2v) is 7.13. The molecule has 2 unspecified atom stereocenters. The van der Waals surface area contributed by atoms with Crippen LogP contribution in [0.1, 0.15) is 0 Å². The van der Waals surface area contributed by atoms with Crippen LogP contribution in [0.5, 0.6) is 0 Å². The van der Waals surface area contributed by atoms with E-state index >= 15 is 0 Å². The van der Waals surface area contributed by atoms with Gasteiger partial charge in [-0.15, -0.1) is 0 Å². The minimum atomic E-state index is -3.39. The van der Waals surface area contributed by atoms with Gasteiger partial charge in [0.2, 0.25) is 10.1 Å². The first-order chi connectivity index (χ1) is 5.73. The molecule has 1 N–H and O–H groups in total. The molecule has 0 aromatic heterocycles. The second kappa shape index (κ2) is 5.45. The molecule has 13 heavy (non-hydrogen) atoms. The van der Waals surface area contributed by atoms with Crippen LogP contribution in [0.15, 0.2) is 0 Å². The molecule has 80 valence electrons. The van der Waals surface area contributed by atoms with Crippen molar-refractivity contribution in [3.8, 4) is 0 Å². The van der Waals surface area contributed by atoms with Gasteiger partial charge in [-0.25, -0.2) is 0 Å². The number of halogens is 3. The summed E-state index contributed by atoms with van der Waals surface area (Å²) >= 11 is 20.9. The molecule has 0 saturated carbocycles. The number of ether oxygens (including phenoxy) is 1. The van der Waals surface area contributed by atoms with Gasteiger partial charge in [-0.3, -0.25) is 4.52 Å². The first kappa shape index (κ1) is 14.4. The Morgan fingerprint density at radius 2 is 1.85 bits per heavy atom. The van der Waals surface area contributed by atoms with E-state index in [4.69, 9.17) is 39.3 Å². The Morgan fingerprint density at radius 1 is 1.38 bits per heavy atom. The van der Waals surface area contributed by atoms with Crippen molar-refractivity contribution in [1.29, 1.82) is 0 Å². The average Bonchev–Trinajstić information content (AvgIpc) is 1.98. The van der Waals surface area contributed by atoms with Crippen LogP contribution in [0.25, 0.3) is 0 Å². The summed E-state index contributed by atoms with van der Waals surface area (Å²) in [6, 6.07) is 0. The molecule has 4 nitrogen and oxygen atoms in total. The van der Waals surface area contributed by atoms with Gasteiger partial charge in [0.15, 0.2) is 0 Å². The van der Waals surface area contributed by atoms with Crippen molar-refractivity contribution in [2.75, 3.05) is 14.2 Å². The zero-order valence-electron chi connectivity index (χ0n) is 6.74. The fourth-order valence-corrected chi connectivity index (χ4v) is 1.79. The van der Waals surface area contributed by atoms with Crippen LogP contribution in [0.2, 0.25) is 0 Å². The van der Waals surface area contributed by atoms with Gasteiger partial charge in [0.25, 0.3) is 0 Å². The standard InChI is InChI=1S/C4H8Cl3O4PS/c1-9-3(4(5,6)7)11-12(8,13)10-2/h3H,1-2H3,(H,8,13). The lowest BCUT2D eigenvalue weighted by atomic mass is 10.7. The molecule has 0 aromatic rings. The van der Waals surface area contributed by atoms with E-state index in [0.29, 0.717) is 0 Å². The lowest BCUT2D eigenvalue weighted by Crippen LogP contribution is -2.29. The quantitative estimate of drug-likeness (QED) is 0.488. The normalized spacial score (nSPS) is 19.5. The lowest BCUT2D eigenvalue weighted by Gasteiger charge is -2.25. The van der Waals surface area contributed by atoms with Crippen molar-refractivity contribution in [3.05, 3.63) is 0 Å². The summed E-state index contributed by atoms with van der Waals surface area (Å²) in [5.41, 5.74) is 0. The second-order valence-electron chi connectivity index (χ2n) is 1.87. The van der Waals surface area contributed by atoms with Crippen LogP contribution in [-0.2, 0) is 25.6 Å². The van der Waals surface area contributed by atoms with E-state index in [2.05, 4.69) is 21.1 Å². The van der Waals surface area contributed by atoms with E-state index in [1.165, 1.54) is 14.2 Å². The molecule has 0 amide bonds. The van der Waals surface area contributed by atoms with Gasteiger partial charge < -0.3 is 14.2 Å². The Kier molecular flexibility index (Phi) is 6.02. The molecule has 0 rings (SSSR count). The van der Waals surface area contributed by atoms with E-state index < -0.39 is 16.8 Å². The predicted octanol–water partition coefficient (Wildman–Crippen LogP) is 2.21. The molecule has 0 fully saturated rings. The first-order valence-electron chi connectivity index (χ1n) is 2.89. The maximum Gasteiger partial charge on any atom is 0.326 e. The number of methoxy groups -OCH3 is 1. The highest BCUT2D eigenvalue weighted by Gasteiger charge is 2.37. The summed E-state index contributed by atoms with van der Waals surface area (Å²) in [4.78, 5) is 9.21. The lowest BCUT2D eigenvalue weighted by molar-refractivity contribution is -0.0580. The summed E-state index contributed by atoms with van der Waals surface area (Å²) in [6.07, 6.45) is -1.27. The van der Waals surface area contributed by atoms with E-state index in [1.807, 2.05) is 0 Å². The van der Waals surface area contributed by atoms with Crippen LogP contribution >= 0.6 is 41.5 Å². The van der Waals surface area contributed by atoms with Crippen LogP contribution in [0, 0.1) is 0 Å². The van der Waals surface area contributed by atoms with Crippen molar-refractivity contribution in [2.24, 2.45) is 0 Å². The molecule has 0 radical (unpaired) electrons. The van der Waals surface area contributed by atoms with Crippen LogP contribution in [0.4, 0.5) is 0 Å². The van der Waals surface area contributed by atoms with Gasteiger partial charge in [-0.2, -0.15) is 0 Å². The molecule has 0 saturated heterocycles. The SMILES string of the molecule is COC(OP(O)(=S)OC)C(Cl)(Cl)Cl. The van der Waals surface area contributed by atoms with E-state index in [1.54, 1.807) is 0 Å². The first-order valence-corrected chi connectivity index (χ1v) is 6.62. The molecule has 0 spiro atoms. The molecule has 0 aromatic carbocycles. The summed E-state index contributed by atoms with van der Waals surface area (Å²) in [5.74, 6) is 0. The van der Waals surface area contributed by atoms with E-state index in [0.717, 1.165) is 0 Å². The van der Waals surface area contributed by atoms with Gasteiger partial charge in [0.05, 0.1) is 0 Å². The Balaban J connectivity index is 4.39. The Morgan fingerprint density at radius 3 is 2.08 bits per heavy atom. The molecule has 0 aliphatic heterocycles. The summed E-state index contributed by atoms with van der Waals surface area (Å²) < 4.78 is 12.0. The van der Waals surface area contributed by atoms with E-state index in [-0.39, 0.29) is 0 Å². The fourth-order valence-electron chi connectivity index (χ4n) is 0.400. The minimum Gasteiger partial charge on any atom is -0.352 e. The zero-order valence-corrected chi connectivity index (χ0v) is 10.7.